The van der Waals surface area contributed by atoms with Crippen molar-refractivity contribution >= 4 is 69.1 Å². The summed E-state index contributed by atoms with van der Waals surface area (Å²) in [6.07, 6.45) is 6.02. The van der Waals surface area contributed by atoms with Crippen LogP contribution in [0, 0.1) is 17.5 Å². The molecule has 4 aliphatic heterocycles. The third-order valence-electron chi connectivity index (χ3n) is 12.7. The summed E-state index contributed by atoms with van der Waals surface area (Å²) in [5, 5.41) is 6.90. The van der Waals surface area contributed by atoms with Gasteiger partial charge in [-0.25, -0.2) is 18.0 Å². The van der Waals surface area contributed by atoms with Gasteiger partial charge in [0.2, 0.25) is 11.8 Å². The fraction of sp³-hybridized carbons (Fsp3) is 0.348. The molecule has 6 amide bonds. The first-order valence-corrected chi connectivity index (χ1v) is 21.8. The Morgan fingerprint density at radius 3 is 2.37 bits per heavy atom. The van der Waals surface area contributed by atoms with Crippen LogP contribution in [0.2, 0.25) is 5.02 Å². The predicted octanol–water partition coefficient (Wildman–Crippen LogP) is 5.60. The molecule has 3 fully saturated rings. The number of nitrogens with zero attached hydrogens (tertiary/aromatic N) is 8. The van der Waals surface area contributed by atoms with E-state index in [2.05, 4.69) is 20.3 Å². The molecule has 2 aromatic heterocycles. The van der Waals surface area contributed by atoms with E-state index in [0.29, 0.717) is 75.6 Å². The third kappa shape index (κ3) is 8.43. The van der Waals surface area contributed by atoms with Gasteiger partial charge in [0.25, 0.3) is 11.8 Å². The molecule has 6 heterocycles. The van der Waals surface area contributed by atoms with Gasteiger partial charge in [-0.15, -0.1) is 0 Å². The number of aromatic amines is 1. The van der Waals surface area contributed by atoms with E-state index in [0.717, 1.165) is 0 Å². The highest BCUT2D eigenvalue weighted by atomic mass is 35.5. The monoisotopic (exact) mass is 910 g/mol. The second kappa shape index (κ2) is 17.7. The standard InChI is InChI=1S/C46H46ClF3N10O5/c1-54(2)45(64)35-23-33-32(22-31(41(49)43(33)52-35)28-5-3-13-57(24-28)39(62)11-15-59-14-4-12-51-59)30-7-9-36(42(50)40(30)48)56-19-17-55(18-20-56)29-25-58(26-29)44(63)27-6-8-34(47)37(21-27)60-16-10-38(61)53-46(60)65/h4-9,12,14,21-23,29,52H,3,10-11,13,15-20,24-26H2,1-2H3,(H,53,61,65). The predicted molar refractivity (Wildman–Crippen MR) is 238 cm³/mol. The molecular weight excluding hydrogens is 865 g/mol. The number of imide groups is 1. The highest BCUT2D eigenvalue weighted by Crippen LogP contribution is 2.40. The molecule has 0 saturated carbocycles. The summed E-state index contributed by atoms with van der Waals surface area (Å²) in [5.41, 5.74) is 1.52. The fourth-order valence-electron chi connectivity index (χ4n) is 9.03. The Morgan fingerprint density at radius 1 is 0.862 bits per heavy atom. The van der Waals surface area contributed by atoms with E-state index in [1.165, 1.54) is 34.1 Å². The number of halogens is 4. The summed E-state index contributed by atoms with van der Waals surface area (Å²) >= 11 is 6.38. The van der Waals surface area contributed by atoms with Crippen molar-refractivity contribution in [3.05, 3.63) is 106 Å². The molecule has 0 spiro atoms. The van der Waals surface area contributed by atoms with Crippen molar-refractivity contribution < 1.29 is 37.1 Å². The van der Waals surface area contributed by atoms with Crippen LogP contribution in [0.5, 0.6) is 0 Å². The van der Waals surface area contributed by atoms with Crippen molar-refractivity contribution in [1.29, 1.82) is 0 Å². The van der Waals surface area contributed by atoms with Crippen molar-refractivity contribution in [3.63, 3.8) is 0 Å². The summed E-state index contributed by atoms with van der Waals surface area (Å²) in [5.74, 6) is -4.01. The Kier molecular flexibility index (Phi) is 11.9. The summed E-state index contributed by atoms with van der Waals surface area (Å²) in [6, 6.07) is 11.9. The minimum Gasteiger partial charge on any atom is -0.367 e. The zero-order chi connectivity index (χ0) is 45.7. The average molecular weight is 911 g/mol. The number of hydrogen-bond donors (Lipinski definition) is 2. The minimum absolute atomic E-state index is 0.0369. The highest BCUT2D eigenvalue weighted by Gasteiger charge is 2.38. The van der Waals surface area contributed by atoms with Crippen LogP contribution in [0.4, 0.5) is 29.3 Å². The first kappa shape index (κ1) is 43.6. The van der Waals surface area contributed by atoms with Gasteiger partial charge in [0.05, 0.1) is 21.9 Å². The van der Waals surface area contributed by atoms with Crippen LogP contribution in [0.25, 0.3) is 27.6 Å². The number of rotatable bonds is 10. The van der Waals surface area contributed by atoms with Gasteiger partial charge in [-0.05, 0) is 66.1 Å². The molecule has 0 bridgehead atoms. The van der Waals surface area contributed by atoms with Gasteiger partial charge in [0.1, 0.15) is 5.69 Å². The Hall–Kier alpha value is -6.66. The van der Waals surface area contributed by atoms with Gasteiger partial charge < -0.3 is 24.6 Å². The largest absolute Gasteiger partial charge is 0.367 e. The molecule has 3 aromatic carbocycles. The number of H-pyrrole nitrogens is 1. The van der Waals surface area contributed by atoms with Crippen LogP contribution in [-0.4, -0.2) is 143 Å². The molecule has 15 nitrogen and oxygen atoms in total. The maximum absolute atomic E-state index is 16.6. The van der Waals surface area contributed by atoms with Crippen molar-refractivity contribution in [1.82, 2.24) is 39.7 Å². The lowest BCUT2D eigenvalue weighted by molar-refractivity contribution is -0.131. The molecule has 19 heteroatoms. The minimum atomic E-state index is -1.12. The number of carbonyl (C=O) groups excluding carboxylic acids is 5. The van der Waals surface area contributed by atoms with E-state index >= 15 is 13.2 Å². The van der Waals surface area contributed by atoms with E-state index in [9.17, 15) is 24.0 Å². The zero-order valence-electron chi connectivity index (χ0n) is 35.8. The van der Waals surface area contributed by atoms with E-state index in [1.807, 2.05) is 6.08 Å². The van der Waals surface area contributed by atoms with Gasteiger partial charge >= 0.3 is 6.03 Å². The summed E-state index contributed by atoms with van der Waals surface area (Å²) in [7, 11) is 3.11. The number of piperazine rings is 1. The van der Waals surface area contributed by atoms with E-state index in [4.69, 9.17) is 11.6 Å². The maximum Gasteiger partial charge on any atom is 0.328 e. The molecule has 65 heavy (non-hydrogen) atoms. The van der Waals surface area contributed by atoms with E-state index < -0.39 is 29.4 Å². The Morgan fingerprint density at radius 2 is 1.65 bits per heavy atom. The zero-order valence-corrected chi connectivity index (χ0v) is 36.5. The van der Waals surface area contributed by atoms with Gasteiger partial charge in [0, 0.05) is 133 Å². The first-order chi connectivity index (χ1) is 31.2. The molecule has 5 aromatic rings. The van der Waals surface area contributed by atoms with Gasteiger partial charge in [-0.3, -0.25) is 39.0 Å². The summed E-state index contributed by atoms with van der Waals surface area (Å²) < 4.78 is 51.1. The van der Waals surface area contributed by atoms with Crippen molar-refractivity contribution in [2.75, 3.05) is 82.8 Å². The van der Waals surface area contributed by atoms with Gasteiger partial charge in [0.15, 0.2) is 17.5 Å². The number of fused-ring (bicyclic) bond motifs is 1. The fourth-order valence-corrected chi connectivity index (χ4v) is 9.25. The van der Waals surface area contributed by atoms with Crippen LogP contribution in [0.15, 0.2) is 67.0 Å². The van der Waals surface area contributed by atoms with Crippen molar-refractivity contribution in [3.8, 4) is 11.1 Å². The Labute approximate surface area is 376 Å². The summed E-state index contributed by atoms with van der Waals surface area (Å²) in [4.78, 5) is 76.8. The van der Waals surface area contributed by atoms with Crippen molar-refractivity contribution in [2.24, 2.45) is 0 Å². The quantitative estimate of drug-likeness (QED) is 0.184. The van der Waals surface area contributed by atoms with Crippen LogP contribution in [-0.2, 0) is 16.1 Å². The van der Waals surface area contributed by atoms with Crippen molar-refractivity contribution in [2.45, 2.75) is 31.8 Å². The average Bonchev–Trinajstić information content (AvgIpc) is 3.98. The number of aryl methyl sites for hydroxylation is 1. The van der Waals surface area contributed by atoms with Gasteiger partial charge in [-0.2, -0.15) is 5.10 Å². The van der Waals surface area contributed by atoms with E-state index in [-0.39, 0.29) is 93.7 Å². The first-order valence-electron chi connectivity index (χ1n) is 21.4. The van der Waals surface area contributed by atoms with Crippen LogP contribution in [0.1, 0.15) is 45.7 Å². The number of anilines is 2. The second-order valence-corrected chi connectivity index (χ2v) is 17.3. The maximum atomic E-state index is 16.6. The molecule has 4 aliphatic rings. The SMILES string of the molecule is CN(C)C(=O)c1cc2c(-c3ccc(N4CCN(C5CN(C(=O)c6ccc(Cl)c(N7CCC(=O)NC7=O)c6)C5)CC4)c(F)c3F)cc(C3=CCCN(C(=O)CCn4cccn4)C3)c(F)c2[nH]1. The molecule has 0 radical (unpaired) electrons. The molecule has 0 unspecified atom stereocenters. The lowest BCUT2D eigenvalue weighted by Crippen LogP contribution is -2.64. The Bertz CT molecular complexity index is 2760. The Balaban J connectivity index is 0.897. The number of nitrogens with one attached hydrogen (secondary N) is 2. The second-order valence-electron chi connectivity index (χ2n) is 16.9. The molecule has 0 atom stereocenters. The van der Waals surface area contributed by atoms with E-state index in [1.54, 1.807) is 70.1 Å². The topological polar surface area (TPSA) is 150 Å². The lowest BCUT2D eigenvalue weighted by atomic mass is 9.92. The number of aromatic nitrogens is 3. The molecule has 338 valence electrons. The third-order valence-corrected chi connectivity index (χ3v) is 13.0. The normalized spacial score (nSPS) is 17.4. The number of urea groups is 1. The molecule has 2 N–H and O–H groups in total. The highest BCUT2D eigenvalue weighted by molar-refractivity contribution is 6.34. The number of benzene rings is 3. The van der Waals surface area contributed by atoms with Crippen LogP contribution in [0.3, 0.4) is 0 Å². The van der Waals surface area contributed by atoms with Crippen LogP contribution < -0.4 is 15.1 Å². The number of amides is 6. The molecule has 0 aliphatic carbocycles. The van der Waals surface area contributed by atoms with Gasteiger partial charge in [-0.1, -0.05) is 17.7 Å². The molecular formula is C46H46ClF3N10O5. The molecule has 9 rings (SSSR count). The molecule has 3 saturated heterocycles. The van der Waals surface area contributed by atoms with Crippen LogP contribution >= 0.6 is 11.6 Å². The summed E-state index contributed by atoms with van der Waals surface area (Å²) in [6.45, 7) is 3.86. The lowest BCUT2D eigenvalue weighted by Gasteiger charge is -2.48. The number of hydrogen-bond acceptors (Lipinski definition) is 8. The number of likely N-dealkylation sites (tertiary alicyclic amines) is 1. The number of carbonyl (C=O) groups is 5. The smallest absolute Gasteiger partial charge is 0.328 e.